The van der Waals surface area contributed by atoms with E-state index < -0.39 is 23.8 Å². The topological polar surface area (TPSA) is 58.3 Å². The third-order valence-corrected chi connectivity index (χ3v) is 7.18. The van der Waals surface area contributed by atoms with Gasteiger partial charge in [-0.2, -0.15) is 0 Å². The lowest BCUT2D eigenvalue weighted by Crippen LogP contribution is -2.50. The number of halogens is 3. The Labute approximate surface area is 171 Å². The molecule has 2 aromatic rings. The first-order chi connectivity index (χ1) is 12.9. The van der Waals surface area contributed by atoms with Crippen LogP contribution in [-0.2, 0) is 12.0 Å². The van der Waals surface area contributed by atoms with Crippen LogP contribution < -0.4 is 11.1 Å². The first kappa shape index (κ1) is 20.9. The van der Waals surface area contributed by atoms with Gasteiger partial charge in [0.25, 0.3) is 0 Å². The lowest BCUT2D eigenvalue weighted by Gasteiger charge is -2.39. The smallest absolute Gasteiger partial charge is 0.126 e. The van der Waals surface area contributed by atoms with Gasteiger partial charge in [0.2, 0.25) is 0 Å². The molecule has 27 heavy (non-hydrogen) atoms. The Morgan fingerprint density at radius 3 is 2.41 bits per heavy atom. The fourth-order valence-electron chi connectivity index (χ4n) is 3.82. The van der Waals surface area contributed by atoms with Crippen LogP contribution in [0.15, 0.2) is 34.1 Å². The molecule has 0 saturated heterocycles. The Balaban J connectivity index is 1.64. The maximum absolute atomic E-state index is 13.4. The van der Waals surface area contributed by atoms with Crippen molar-refractivity contribution in [2.75, 3.05) is 6.54 Å². The monoisotopic (exact) mass is 458 g/mol. The van der Waals surface area contributed by atoms with Gasteiger partial charge < -0.3 is 16.2 Å². The van der Waals surface area contributed by atoms with Gasteiger partial charge >= 0.3 is 0 Å². The van der Waals surface area contributed by atoms with Gasteiger partial charge in [-0.3, -0.25) is 0 Å². The van der Waals surface area contributed by atoms with Crippen LogP contribution in [0, 0.1) is 11.6 Å². The molecule has 0 radical (unpaired) electrons. The minimum absolute atomic E-state index is 0.138. The normalized spacial score (nSPS) is 19.0. The summed E-state index contributed by atoms with van der Waals surface area (Å²) in [6, 6.07) is 4.89. The van der Waals surface area contributed by atoms with Crippen molar-refractivity contribution in [1.82, 2.24) is 5.32 Å². The summed E-state index contributed by atoms with van der Waals surface area (Å²) < 4.78 is 27.8. The quantitative estimate of drug-likeness (QED) is 0.573. The van der Waals surface area contributed by atoms with Gasteiger partial charge in [0.1, 0.15) is 11.6 Å². The second kappa shape index (κ2) is 9.09. The number of hydrogen-bond acceptors (Lipinski definition) is 4. The third kappa shape index (κ3) is 5.35. The fourth-order valence-corrected chi connectivity index (χ4v) is 5.48. The Bertz CT molecular complexity index is 744. The largest absolute Gasteiger partial charge is 0.390 e. The summed E-state index contributed by atoms with van der Waals surface area (Å²) in [5.74, 6) is -1.26. The summed E-state index contributed by atoms with van der Waals surface area (Å²) in [5.41, 5.74) is 6.43. The highest BCUT2D eigenvalue weighted by molar-refractivity contribution is 9.10. The Hall–Kier alpha value is -0.860. The molecule has 0 spiro atoms. The number of nitrogens with two attached hydrogens (primary N) is 1. The highest BCUT2D eigenvalue weighted by atomic mass is 79.9. The zero-order valence-corrected chi connectivity index (χ0v) is 17.5. The summed E-state index contributed by atoms with van der Waals surface area (Å²) in [4.78, 5) is 1.27. The van der Waals surface area contributed by atoms with E-state index in [2.05, 4.69) is 32.7 Å². The van der Waals surface area contributed by atoms with Crippen molar-refractivity contribution in [3.05, 3.63) is 56.2 Å². The minimum Gasteiger partial charge on any atom is -0.390 e. The van der Waals surface area contributed by atoms with E-state index in [0.29, 0.717) is 12.1 Å². The maximum Gasteiger partial charge on any atom is 0.126 e. The molecule has 148 valence electrons. The number of hydrogen-bond donors (Lipinski definition) is 3. The molecule has 1 aliphatic carbocycles. The van der Waals surface area contributed by atoms with E-state index in [-0.39, 0.29) is 12.0 Å². The van der Waals surface area contributed by atoms with Crippen LogP contribution in [0.2, 0.25) is 0 Å². The fraction of sp³-hybridized carbons (Fsp3) is 0.500. The van der Waals surface area contributed by atoms with Crippen LogP contribution in [0.25, 0.3) is 0 Å². The molecule has 0 unspecified atom stereocenters. The van der Waals surface area contributed by atoms with E-state index in [9.17, 15) is 13.9 Å². The van der Waals surface area contributed by atoms with Crippen molar-refractivity contribution in [3.63, 3.8) is 0 Å². The molecule has 7 heteroatoms. The maximum atomic E-state index is 13.4. The molecule has 1 aromatic heterocycles. The lowest BCUT2D eigenvalue weighted by molar-refractivity contribution is 0.117. The molecule has 1 fully saturated rings. The van der Waals surface area contributed by atoms with Gasteiger partial charge in [0.15, 0.2) is 0 Å². The zero-order valence-electron chi connectivity index (χ0n) is 15.1. The number of nitrogens with one attached hydrogen (secondary N) is 1. The van der Waals surface area contributed by atoms with Crippen molar-refractivity contribution >= 4 is 27.3 Å². The van der Waals surface area contributed by atoms with Gasteiger partial charge in [-0.05, 0) is 59.0 Å². The number of aliphatic hydroxyl groups excluding tert-OH is 1. The Morgan fingerprint density at radius 2 is 1.81 bits per heavy atom. The van der Waals surface area contributed by atoms with Crippen LogP contribution in [0.5, 0.6) is 0 Å². The van der Waals surface area contributed by atoms with E-state index in [1.54, 1.807) is 11.3 Å². The summed E-state index contributed by atoms with van der Waals surface area (Å²) in [6.07, 6.45) is 4.98. The SMILES string of the molecule is N[C@@H](Cc1cc(F)cc(F)c1)[C@H](O)CNC1(c2cc(Br)cs2)CCCCC1. The lowest BCUT2D eigenvalue weighted by atomic mass is 9.80. The second-order valence-corrected chi connectivity index (χ2v) is 9.19. The van der Waals surface area contributed by atoms with E-state index >= 15 is 0 Å². The molecule has 0 amide bonds. The predicted octanol–water partition coefficient (Wildman–Crippen LogP) is 4.47. The van der Waals surface area contributed by atoms with E-state index in [0.717, 1.165) is 36.2 Å². The Kier molecular flexibility index (Phi) is 7.03. The molecule has 1 saturated carbocycles. The van der Waals surface area contributed by atoms with Gasteiger partial charge in [0, 0.05) is 33.4 Å². The predicted molar refractivity (Wildman–Crippen MR) is 109 cm³/mol. The van der Waals surface area contributed by atoms with Gasteiger partial charge in [-0.15, -0.1) is 11.3 Å². The molecule has 1 heterocycles. The van der Waals surface area contributed by atoms with Crippen LogP contribution in [0.1, 0.15) is 42.5 Å². The van der Waals surface area contributed by atoms with E-state index in [4.69, 9.17) is 5.73 Å². The Morgan fingerprint density at radius 1 is 1.15 bits per heavy atom. The van der Waals surface area contributed by atoms with Crippen LogP contribution in [-0.4, -0.2) is 23.8 Å². The first-order valence-electron chi connectivity index (χ1n) is 9.26. The molecule has 3 nitrogen and oxygen atoms in total. The number of thiophene rings is 1. The highest BCUT2D eigenvalue weighted by Gasteiger charge is 2.35. The van der Waals surface area contributed by atoms with E-state index in [1.165, 1.54) is 23.4 Å². The van der Waals surface area contributed by atoms with Gasteiger partial charge in [0.05, 0.1) is 11.6 Å². The summed E-state index contributed by atoms with van der Waals surface area (Å²) in [5, 5.41) is 16.2. The standard InChI is InChI=1S/C20H25BrF2N2OS/c21-14-9-19(27-12-14)20(4-2-1-3-5-20)25-11-18(26)17(24)8-13-6-15(22)10-16(23)7-13/h6-7,9-10,12,17-18,25-26H,1-5,8,11,24H2/t17-,18+/m0/s1. The second-order valence-electron chi connectivity index (χ2n) is 7.37. The van der Waals surface area contributed by atoms with Gasteiger partial charge in [-0.1, -0.05) is 19.3 Å². The van der Waals surface area contributed by atoms with Crippen molar-refractivity contribution in [1.29, 1.82) is 0 Å². The van der Waals surface area contributed by atoms with Crippen LogP contribution >= 0.6 is 27.3 Å². The molecule has 0 bridgehead atoms. The molecule has 1 aliphatic rings. The van der Waals surface area contributed by atoms with E-state index in [1.807, 2.05) is 0 Å². The highest BCUT2D eigenvalue weighted by Crippen LogP contribution is 2.41. The van der Waals surface area contributed by atoms with Crippen molar-refractivity contribution < 1.29 is 13.9 Å². The minimum atomic E-state index is -0.807. The molecular formula is C20H25BrF2N2OS. The summed E-state index contributed by atoms with van der Waals surface area (Å²) >= 11 is 5.24. The average molecular weight is 459 g/mol. The molecule has 1 aromatic carbocycles. The van der Waals surface area contributed by atoms with Crippen molar-refractivity contribution in [2.24, 2.45) is 5.73 Å². The summed E-state index contributed by atoms with van der Waals surface area (Å²) in [7, 11) is 0. The van der Waals surface area contributed by atoms with Gasteiger partial charge in [-0.25, -0.2) is 8.78 Å². The molecule has 4 N–H and O–H groups in total. The van der Waals surface area contributed by atoms with Crippen LogP contribution in [0.4, 0.5) is 8.78 Å². The third-order valence-electron chi connectivity index (χ3n) is 5.28. The first-order valence-corrected chi connectivity index (χ1v) is 10.9. The molecule has 0 aliphatic heterocycles. The number of benzene rings is 1. The average Bonchev–Trinajstić information content (AvgIpc) is 3.06. The van der Waals surface area contributed by atoms with Crippen molar-refractivity contribution in [2.45, 2.75) is 56.2 Å². The van der Waals surface area contributed by atoms with Crippen molar-refractivity contribution in [3.8, 4) is 0 Å². The summed E-state index contributed by atoms with van der Waals surface area (Å²) in [6.45, 7) is 0.342. The number of aliphatic hydroxyl groups is 1. The molecule has 3 rings (SSSR count). The number of rotatable bonds is 7. The molecular weight excluding hydrogens is 434 g/mol. The van der Waals surface area contributed by atoms with Crippen LogP contribution in [0.3, 0.4) is 0 Å². The molecule has 2 atom stereocenters. The zero-order chi connectivity index (χ0) is 19.4.